The Morgan fingerprint density at radius 2 is 1.27 bits per heavy atom. The van der Waals surface area contributed by atoms with Crippen molar-refractivity contribution < 1.29 is 0 Å². The summed E-state index contributed by atoms with van der Waals surface area (Å²) in [6.07, 6.45) is 0. The van der Waals surface area contributed by atoms with Crippen LogP contribution < -0.4 is 0 Å². The maximum atomic E-state index is 9.73. The molecular weight excluding hydrogens is 284 g/mol. The van der Waals surface area contributed by atoms with Gasteiger partial charge in [-0.3, -0.25) is 4.90 Å². The summed E-state index contributed by atoms with van der Waals surface area (Å²) >= 11 is 0. The third-order valence-electron chi connectivity index (χ3n) is 3.76. The van der Waals surface area contributed by atoms with Crippen molar-refractivity contribution in [2.45, 2.75) is 38.4 Å². The molecule has 0 aliphatic carbocycles. The summed E-state index contributed by atoms with van der Waals surface area (Å²) in [6.45, 7) is 8.44. The van der Waals surface area contributed by atoms with Crippen molar-refractivity contribution in [3.8, 4) is 6.07 Å². The van der Waals surface area contributed by atoms with Crippen molar-refractivity contribution in [3.63, 3.8) is 0 Å². The summed E-state index contributed by atoms with van der Waals surface area (Å²) in [5.41, 5.74) is 2.53. The molecule has 1 atom stereocenters. The molecule has 22 heavy (non-hydrogen) atoms. The first kappa shape index (κ1) is 16.5. The van der Waals surface area contributed by atoms with Crippen LogP contribution in [0, 0.1) is 11.3 Å². The smallest absolute Gasteiger partial charge is 0.0877 e. The first-order valence-corrected chi connectivity index (χ1v) is 11.3. The second kappa shape index (κ2) is 7.39. The molecule has 0 bridgehead atoms. The van der Waals surface area contributed by atoms with E-state index >= 15 is 0 Å². The van der Waals surface area contributed by atoms with Crippen LogP contribution in [0.2, 0.25) is 19.6 Å². The Kier molecular flexibility index (Phi) is 5.54. The van der Waals surface area contributed by atoms with Gasteiger partial charge in [0.25, 0.3) is 0 Å². The van der Waals surface area contributed by atoms with E-state index in [0.29, 0.717) is 0 Å². The SMILES string of the molecule is C[Si](C)(C)C(C#N)N(Cc1ccccc1)Cc1ccccc1. The van der Waals surface area contributed by atoms with Crippen LogP contribution >= 0.6 is 0 Å². The molecule has 0 aliphatic rings. The van der Waals surface area contributed by atoms with Crippen LogP contribution in [-0.4, -0.2) is 18.6 Å². The summed E-state index contributed by atoms with van der Waals surface area (Å²) in [5, 5.41) is 9.73. The van der Waals surface area contributed by atoms with E-state index in [-0.39, 0.29) is 5.67 Å². The van der Waals surface area contributed by atoms with Crippen LogP contribution in [0.5, 0.6) is 0 Å². The van der Waals surface area contributed by atoms with E-state index in [4.69, 9.17) is 0 Å². The fourth-order valence-electron chi connectivity index (χ4n) is 2.70. The van der Waals surface area contributed by atoms with Gasteiger partial charge in [-0.25, -0.2) is 0 Å². The van der Waals surface area contributed by atoms with Crippen molar-refractivity contribution >= 4 is 8.07 Å². The molecule has 0 amide bonds. The third-order valence-corrected chi connectivity index (χ3v) is 5.90. The highest BCUT2D eigenvalue weighted by Crippen LogP contribution is 2.20. The van der Waals surface area contributed by atoms with Crippen molar-refractivity contribution in [1.29, 1.82) is 5.26 Å². The zero-order chi connectivity index (χ0) is 16.0. The minimum Gasteiger partial charge on any atom is -0.282 e. The zero-order valence-electron chi connectivity index (χ0n) is 13.7. The van der Waals surface area contributed by atoms with E-state index < -0.39 is 8.07 Å². The number of nitriles is 1. The number of hydrogen-bond donors (Lipinski definition) is 0. The van der Waals surface area contributed by atoms with Crippen LogP contribution in [0.1, 0.15) is 11.1 Å². The van der Waals surface area contributed by atoms with Crippen molar-refractivity contribution in [1.82, 2.24) is 4.90 Å². The maximum Gasteiger partial charge on any atom is 0.0877 e. The van der Waals surface area contributed by atoms with Crippen LogP contribution in [-0.2, 0) is 13.1 Å². The summed E-state index contributed by atoms with van der Waals surface area (Å²) in [6, 6.07) is 23.4. The first-order valence-electron chi connectivity index (χ1n) is 7.72. The molecule has 1 unspecified atom stereocenters. The Morgan fingerprint density at radius 1 is 0.864 bits per heavy atom. The molecule has 0 saturated carbocycles. The van der Waals surface area contributed by atoms with Gasteiger partial charge in [-0.05, 0) is 11.1 Å². The molecule has 114 valence electrons. The van der Waals surface area contributed by atoms with Crippen molar-refractivity contribution in [2.75, 3.05) is 0 Å². The van der Waals surface area contributed by atoms with Crippen LogP contribution in [0.15, 0.2) is 60.7 Å². The number of benzene rings is 2. The quantitative estimate of drug-likeness (QED) is 0.737. The average Bonchev–Trinajstić information content (AvgIpc) is 2.48. The van der Waals surface area contributed by atoms with Gasteiger partial charge in [-0.2, -0.15) is 5.26 Å². The second-order valence-corrected chi connectivity index (χ2v) is 12.1. The van der Waals surface area contributed by atoms with Gasteiger partial charge < -0.3 is 0 Å². The van der Waals surface area contributed by atoms with Gasteiger partial charge in [0.05, 0.1) is 19.8 Å². The van der Waals surface area contributed by atoms with E-state index in [9.17, 15) is 5.26 Å². The fourth-order valence-corrected chi connectivity index (χ4v) is 4.36. The third kappa shape index (κ3) is 4.56. The van der Waals surface area contributed by atoms with Gasteiger partial charge in [0.1, 0.15) is 0 Å². The molecule has 2 rings (SSSR count). The molecule has 0 N–H and O–H groups in total. The topological polar surface area (TPSA) is 27.0 Å². The van der Waals surface area contributed by atoms with E-state index in [1.807, 2.05) is 12.1 Å². The van der Waals surface area contributed by atoms with Gasteiger partial charge in [0, 0.05) is 13.1 Å². The van der Waals surface area contributed by atoms with Crippen molar-refractivity contribution in [2.24, 2.45) is 0 Å². The molecule has 0 heterocycles. The second-order valence-electron chi connectivity index (χ2n) is 6.77. The van der Waals surface area contributed by atoms with E-state index in [1.54, 1.807) is 0 Å². The molecule has 2 aromatic rings. The first-order chi connectivity index (χ1) is 10.5. The molecule has 0 saturated heterocycles. The summed E-state index contributed by atoms with van der Waals surface area (Å²) in [5.74, 6) is 0. The van der Waals surface area contributed by atoms with Crippen molar-refractivity contribution in [3.05, 3.63) is 71.8 Å². The Balaban J connectivity index is 2.26. The molecule has 3 heteroatoms. The predicted octanol–water partition coefficient (Wildman–Crippen LogP) is 4.46. The number of hydrogen-bond acceptors (Lipinski definition) is 2. The standard InChI is InChI=1S/C19H24N2Si/c1-22(2,3)19(14-20)21(15-17-10-6-4-7-11-17)16-18-12-8-5-9-13-18/h4-13,19H,15-16H2,1-3H3. The lowest BCUT2D eigenvalue weighted by molar-refractivity contribution is 0.258. The Morgan fingerprint density at radius 3 is 1.59 bits per heavy atom. The fraction of sp³-hybridized carbons (Fsp3) is 0.316. The van der Waals surface area contributed by atoms with Crippen LogP contribution in [0.4, 0.5) is 0 Å². The van der Waals surface area contributed by atoms with Crippen LogP contribution in [0.25, 0.3) is 0 Å². The minimum atomic E-state index is -1.59. The highest BCUT2D eigenvalue weighted by Gasteiger charge is 2.32. The highest BCUT2D eigenvalue weighted by molar-refractivity contribution is 6.78. The summed E-state index contributed by atoms with van der Waals surface area (Å²) in [7, 11) is -1.59. The largest absolute Gasteiger partial charge is 0.282 e. The lowest BCUT2D eigenvalue weighted by Crippen LogP contribution is -2.49. The van der Waals surface area contributed by atoms with E-state index in [0.717, 1.165) is 13.1 Å². The summed E-state index contributed by atoms with van der Waals surface area (Å²) in [4.78, 5) is 2.33. The van der Waals surface area contributed by atoms with Gasteiger partial charge in [-0.1, -0.05) is 80.3 Å². The molecule has 2 aromatic carbocycles. The normalized spacial score (nSPS) is 12.9. The van der Waals surface area contributed by atoms with Gasteiger partial charge >= 0.3 is 0 Å². The lowest BCUT2D eigenvalue weighted by Gasteiger charge is -2.34. The molecule has 0 aromatic heterocycles. The van der Waals surface area contributed by atoms with E-state index in [1.165, 1.54) is 11.1 Å². The van der Waals surface area contributed by atoms with Gasteiger partial charge in [-0.15, -0.1) is 0 Å². The van der Waals surface area contributed by atoms with Crippen LogP contribution in [0.3, 0.4) is 0 Å². The molecule has 0 fully saturated rings. The Hall–Kier alpha value is -1.89. The predicted molar refractivity (Wildman–Crippen MR) is 94.9 cm³/mol. The monoisotopic (exact) mass is 308 g/mol. The lowest BCUT2D eigenvalue weighted by atomic mass is 10.1. The van der Waals surface area contributed by atoms with Gasteiger partial charge in [0.15, 0.2) is 0 Å². The molecule has 0 radical (unpaired) electrons. The number of nitrogens with zero attached hydrogens (tertiary/aromatic N) is 2. The van der Waals surface area contributed by atoms with E-state index in [2.05, 4.69) is 79.1 Å². The highest BCUT2D eigenvalue weighted by atomic mass is 28.3. The zero-order valence-corrected chi connectivity index (χ0v) is 14.7. The maximum absolute atomic E-state index is 9.73. The number of rotatable bonds is 6. The molecular formula is C19H24N2Si. The summed E-state index contributed by atoms with van der Waals surface area (Å²) < 4.78 is 0. The molecule has 2 nitrogen and oxygen atoms in total. The Bertz CT molecular complexity index is 570. The Labute approximate surface area is 135 Å². The molecule has 0 aliphatic heterocycles. The average molecular weight is 309 g/mol. The minimum absolute atomic E-state index is 0.00733. The van der Waals surface area contributed by atoms with Gasteiger partial charge in [0.2, 0.25) is 0 Å². The molecule has 0 spiro atoms.